The van der Waals surface area contributed by atoms with Crippen LogP contribution in [0.2, 0.25) is 10.0 Å². The van der Waals surface area contributed by atoms with Crippen LogP contribution in [0.25, 0.3) is 10.8 Å². The molecular formula is C19H13Cl2NO3. The van der Waals surface area contributed by atoms with Gasteiger partial charge in [-0.15, -0.1) is 0 Å². The molecular weight excluding hydrogens is 361 g/mol. The molecule has 0 aliphatic rings. The molecule has 0 fully saturated rings. The third-order valence-electron chi connectivity index (χ3n) is 3.57. The number of hydrogen-bond donors (Lipinski definition) is 0. The van der Waals surface area contributed by atoms with Crippen molar-refractivity contribution in [3.63, 3.8) is 0 Å². The van der Waals surface area contributed by atoms with E-state index in [9.17, 15) is 4.79 Å². The van der Waals surface area contributed by atoms with Gasteiger partial charge in [-0.2, -0.15) is 0 Å². The van der Waals surface area contributed by atoms with Crippen molar-refractivity contribution >= 4 is 46.2 Å². The van der Waals surface area contributed by atoms with E-state index in [4.69, 9.17) is 32.8 Å². The van der Waals surface area contributed by atoms with Gasteiger partial charge in [-0.3, -0.25) is 0 Å². The minimum Gasteiger partial charge on any atom is -0.496 e. The first-order valence-corrected chi connectivity index (χ1v) is 8.10. The summed E-state index contributed by atoms with van der Waals surface area (Å²) in [5.74, 6) is -0.0239. The number of hydrogen-bond acceptors (Lipinski definition) is 4. The second-order valence-corrected chi connectivity index (χ2v) is 6.05. The molecule has 3 aromatic rings. The fraction of sp³-hybridized carbons (Fsp3) is 0.0526. The van der Waals surface area contributed by atoms with Gasteiger partial charge in [0.25, 0.3) is 0 Å². The quantitative estimate of drug-likeness (QED) is 0.352. The molecule has 0 saturated heterocycles. The molecule has 25 heavy (non-hydrogen) atoms. The Bertz CT molecular complexity index is 950. The molecule has 6 heteroatoms. The molecule has 0 radical (unpaired) electrons. The number of ether oxygens (including phenoxy) is 1. The van der Waals surface area contributed by atoms with Crippen LogP contribution < -0.4 is 4.74 Å². The van der Waals surface area contributed by atoms with Gasteiger partial charge in [0.1, 0.15) is 5.75 Å². The van der Waals surface area contributed by atoms with Crippen LogP contribution in [-0.2, 0) is 4.84 Å². The number of methoxy groups -OCH3 is 1. The molecule has 4 nitrogen and oxygen atoms in total. The number of nitrogens with zero attached hydrogens (tertiary/aromatic N) is 1. The van der Waals surface area contributed by atoms with Gasteiger partial charge in [-0.25, -0.2) is 4.79 Å². The lowest BCUT2D eigenvalue weighted by molar-refractivity contribution is 0.0519. The topological polar surface area (TPSA) is 47.9 Å². The summed E-state index contributed by atoms with van der Waals surface area (Å²) in [7, 11) is 1.57. The van der Waals surface area contributed by atoms with Crippen LogP contribution >= 0.6 is 23.2 Å². The zero-order chi connectivity index (χ0) is 17.8. The standard InChI is InChI=1S/C19H13Cl2NO3/c1-24-18-7-6-12-4-2-3-5-16(12)17(18)11-22-25-19(23)13-8-14(20)10-15(21)9-13/h2-11H,1H3/b22-11+. The summed E-state index contributed by atoms with van der Waals surface area (Å²) in [6.07, 6.45) is 1.45. The van der Waals surface area contributed by atoms with Crippen LogP contribution in [-0.4, -0.2) is 19.3 Å². The zero-order valence-corrected chi connectivity index (χ0v) is 14.7. The average molecular weight is 374 g/mol. The van der Waals surface area contributed by atoms with Gasteiger partial charge in [-0.1, -0.05) is 58.7 Å². The highest BCUT2D eigenvalue weighted by Gasteiger charge is 2.10. The van der Waals surface area contributed by atoms with Crippen molar-refractivity contribution in [1.82, 2.24) is 0 Å². The first kappa shape index (κ1) is 17.3. The van der Waals surface area contributed by atoms with E-state index in [0.717, 1.165) is 16.3 Å². The molecule has 0 amide bonds. The molecule has 126 valence electrons. The summed E-state index contributed by atoms with van der Waals surface area (Å²) in [5.41, 5.74) is 0.942. The Balaban J connectivity index is 1.87. The van der Waals surface area contributed by atoms with Gasteiger partial charge < -0.3 is 9.57 Å². The first-order chi connectivity index (χ1) is 12.1. The van der Waals surface area contributed by atoms with E-state index in [0.29, 0.717) is 15.8 Å². The van der Waals surface area contributed by atoms with Crippen LogP contribution in [0.5, 0.6) is 5.75 Å². The molecule has 3 aromatic carbocycles. The Labute approximate surface area is 154 Å². The molecule has 0 saturated carbocycles. The van der Waals surface area contributed by atoms with Crippen molar-refractivity contribution in [2.45, 2.75) is 0 Å². The second-order valence-electron chi connectivity index (χ2n) is 5.17. The van der Waals surface area contributed by atoms with Crippen molar-refractivity contribution in [1.29, 1.82) is 0 Å². The normalized spacial score (nSPS) is 11.0. The van der Waals surface area contributed by atoms with Crippen LogP contribution in [0.15, 0.2) is 59.8 Å². The molecule has 0 heterocycles. The molecule has 0 N–H and O–H groups in total. The van der Waals surface area contributed by atoms with Gasteiger partial charge in [-0.05, 0) is 35.0 Å². The molecule has 0 aromatic heterocycles. The predicted octanol–water partition coefficient (Wildman–Crippen LogP) is 5.35. The van der Waals surface area contributed by atoms with Crippen molar-refractivity contribution in [2.24, 2.45) is 5.16 Å². The maximum atomic E-state index is 12.1. The minimum absolute atomic E-state index is 0.222. The summed E-state index contributed by atoms with van der Waals surface area (Å²) in [6.45, 7) is 0. The van der Waals surface area contributed by atoms with Gasteiger partial charge >= 0.3 is 5.97 Å². The lowest BCUT2D eigenvalue weighted by Gasteiger charge is -2.08. The summed E-state index contributed by atoms with van der Waals surface area (Å²) >= 11 is 11.8. The van der Waals surface area contributed by atoms with Crippen molar-refractivity contribution in [2.75, 3.05) is 7.11 Å². The van der Waals surface area contributed by atoms with E-state index in [2.05, 4.69) is 5.16 Å². The fourth-order valence-corrected chi connectivity index (χ4v) is 2.96. The summed E-state index contributed by atoms with van der Waals surface area (Å²) < 4.78 is 5.36. The van der Waals surface area contributed by atoms with Crippen molar-refractivity contribution in [3.05, 3.63) is 75.8 Å². The SMILES string of the molecule is COc1ccc2ccccc2c1/C=N/OC(=O)c1cc(Cl)cc(Cl)c1. The van der Waals surface area contributed by atoms with E-state index < -0.39 is 5.97 Å². The Morgan fingerprint density at radius 3 is 2.48 bits per heavy atom. The predicted molar refractivity (Wildman–Crippen MR) is 100.0 cm³/mol. The van der Waals surface area contributed by atoms with E-state index in [-0.39, 0.29) is 5.56 Å². The van der Waals surface area contributed by atoms with Gasteiger partial charge in [0.2, 0.25) is 0 Å². The maximum absolute atomic E-state index is 12.1. The van der Waals surface area contributed by atoms with Gasteiger partial charge in [0.05, 0.1) is 18.9 Å². The number of halogens is 2. The largest absolute Gasteiger partial charge is 0.496 e. The number of oxime groups is 1. The molecule has 0 spiro atoms. The van der Waals surface area contributed by atoms with Crippen LogP contribution in [0.1, 0.15) is 15.9 Å². The minimum atomic E-state index is -0.653. The third-order valence-corrected chi connectivity index (χ3v) is 4.00. The highest BCUT2D eigenvalue weighted by Crippen LogP contribution is 2.26. The lowest BCUT2D eigenvalue weighted by atomic mass is 10.0. The van der Waals surface area contributed by atoms with E-state index >= 15 is 0 Å². The Kier molecular flexibility index (Phi) is 5.22. The average Bonchev–Trinajstić information content (AvgIpc) is 2.60. The monoisotopic (exact) mass is 373 g/mol. The molecule has 0 aliphatic heterocycles. The summed E-state index contributed by atoms with van der Waals surface area (Å²) in [4.78, 5) is 17.0. The van der Waals surface area contributed by atoms with E-state index in [1.807, 2.05) is 36.4 Å². The molecule has 0 unspecified atom stereocenters. The molecule has 0 bridgehead atoms. The lowest BCUT2D eigenvalue weighted by Crippen LogP contribution is -2.01. The second kappa shape index (κ2) is 7.55. The van der Waals surface area contributed by atoms with Crippen LogP contribution in [0, 0.1) is 0 Å². The number of fused-ring (bicyclic) bond motifs is 1. The number of carbonyl (C=O) groups is 1. The fourth-order valence-electron chi connectivity index (χ4n) is 2.44. The Morgan fingerprint density at radius 1 is 1.04 bits per heavy atom. The Hall–Kier alpha value is -2.56. The van der Waals surface area contributed by atoms with E-state index in [1.54, 1.807) is 7.11 Å². The molecule has 0 aliphatic carbocycles. The number of carbonyl (C=O) groups excluding carboxylic acids is 1. The van der Waals surface area contributed by atoms with Gasteiger partial charge in [0.15, 0.2) is 0 Å². The molecule has 3 rings (SSSR count). The number of rotatable bonds is 4. The smallest absolute Gasteiger partial charge is 0.365 e. The third kappa shape index (κ3) is 3.92. The first-order valence-electron chi connectivity index (χ1n) is 7.35. The zero-order valence-electron chi connectivity index (χ0n) is 13.2. The van der Waals surface area contributed by atoms with E-state index in [1.165, 1.54) is 24.4 Å². The highest BCUT2D eigenvalue weighted by atomic mass is 35.5. The van der Waals surface area contributed by atoms with Gasteiger partial charge in [0, 0.05) is 15.6 Å². The Morgan fingerprint density at radius 2 is 1.76 bits per heavy atom. The number of benzene rings is 3. The van der Waals surface area contributed by atoms with Crippen molar-refractivity contribution in [3.8, 4) is 5.75 Å². The van der Waals surface area contributed by atoms with Crippen LogP contribution in [0.4, 0.5) is 0 Å². The van der Waals surface area contributed by atoms with Crippen LogP contribution in [0.3, 0.4) is 0 Å². The highest BCUT2D eigenvalue weighted by molar-refractivity contribution is 6.35. The van der Waals surface area contributed by atoms with Crippen molar-refractivity contribution < 1.29 is 14.4 Å². The molecule has 0 atom stereocenters. The summed E-state index contributed by atoms with van der Waals surface area (Å²) in [5, 5.41) is 6.45. The summed E-state index contributed by atoms with van der Waals surface area (Å²) in [6, 6.07) is 16.0. The maximum Gasteiger partial charge on any atom is 0.365 e.